The summed E-state index contributed by atoms with van der Waals surface area (Å²) in [5.41, 5.74) is 6.92. The highest BCUT2D eigenvalue weighted by Gasteiger charge is 2.02. The van der Waals surface area contributed by atoms with Gasteiger partial charge in [0.15, 0.2) is 0 Å². The van der Waals surface area contributed by atoms with Crippen LogP contribution in [0.4, 0.5) is 11.4 Å². The van der Waals surface area contributed by atoms with Crippen molar-refractivity contribution in [3.63, 3.8) is 0 Å². The maximum absolute atomic E-state index is 11.6. The zero-order valence-electron chi connectivity index (χ0n) is 11.8. The summed E-state index contributed by atoms with van der Waals surface area (Å²) in [4.78, 5) is 11.6. The Hall–Kier alpha value is -1.63. The second kappa shape index (κ2) is 10.2. The van der Waals surface area contributed by atoms with E-state index >= 15 is 0 Å². The van der Waals surface area contributed by atoms with Crippen molar-refractivity contribution in [1.29, 1.82) is 0 Å². The Labute approximate surface area is 119 Å². The summed E-state index contributed by atoms with van der Waals surface area (Å²) in [5.74, 6) is -0.185. The average Bonchev–Trinajstić information content (AvgIpc) is 2.44. The number of carbonyl (C=O) groups excluding carboxylic acids is 1. The lowest BCUT2D eigenvalue weighted by atomic mass is 10.3. The predicted octanol–water partition coefficient (Wildman–Crippen LogP) is 1.28. The third-order valence-corrected chi connectivity index (χ3v) is 2.44. The van der Waals surface area contributed by atoms with E-state index in [9.17, 15) is 4.79 Å². The van der Waals surface area contributed by atoms with Crippen LogP contribution in [0.1, 0.15) is 6.42 Å². The number of methoxy groups -OCH3 is 1. The third-order valence-electron chi connectivity index (χ3n) is 2.44. The van der Waals surface area contributed by atoms with Crippen LogP contribution in [0.15, 0.2) is 24.3 Å². The molecule has 0 aliphatic carbocycles. The molecule has 0 saturated heterocycles. The van der Waals surface area contributed by atoms with E-state index < -0.39 is 0 Å². The van der Waals surface area contributed by atoms with Gasteiger partial charge in [-0.05, 0) is 30.7 Å². The Morgan fingerprint density at radius 1 is 1.10 bits per heavy atom. The van der Waals surface area contributed by atoms with Gasteiger partial charge in [0.2, 0.25) is 5.91 Å². The van der Waals surface area contributed by atoms with E-state index in [1.807, 2.05) is 0 Å². The number of rotatable bonds is 10. The topological polar surface area (TPSA) is 82.8 Å². The van der Waals surface area contributed by atoms with E-state index in [2.05, 4.69) is 5.32 Å². The zero-order chi connectivity index (χ0) is 14.6. The molecular weight excluding hydrogens is 260 g/mol. The number of nitrogens with one attached hydrogen (secondary N) is 1. The highest BCUT2D eigenvalue weighted by molar-refractivity contribution is 5.91. The predicted molar refractivity (Wildman–Crippen MR) is 77.6 cm³/mol. The molecule has 0 radical (unpaired) electrons. The maximum Gasteiger partial charge on any atom is 0.250 e. The minimum atomic E-state index is -0.185. The van der Waals surface area contributed by atoms with E-state index in [1.165, 1.54) is 0 Å². The van der Waals surface area contributed by atoms with Crippen molar-refractivity contribution < 1.29 is 19.0 Å². The summed E-state index contributed by atoms with van der Waals surface area (Å²) in [7, 11) is 1.63. The Morgan fingerprint density at radius 3 is 2.50 bits per heavy atom. The monoisotopic (exact) mass is 282 g/mol. The highest BCUT2D eigenvalue weighted by Crippen LogP contribution is 2.10. The van der Waals surface area contributed by atoms with Gasteiger partial charge in [0.05, 0.1) is 13.2 Å². The molecule has 0 saturated carbocycles. The molecule has 0 spiro atoms. The molecule has 6 nitrogen and oxygen atoms in total. The molecule has 0 aliphatic rings. The molecule has 0 atom stereocenters. The lowest BCUT2D eigenvalue weighted by molar-refractivity contribution is -0.120. The Bertz CT molecular complexity index is 381. The molecule has 0 fully saturated rings. The van der Waals surface area contributed by atoms with E-state index in [4.69, 9.17) is 19.9 Å². The Balaban J connectivity index is 2.01. The molecule has 3 N–H and O–H groups in total. The molecule has 0 aliphatic heterocycles. The van der Waals surface area contributed by atoms with Crippen LogP contribution < -0.4 is 11.1 Å². The number of carbonyl (C=O) groups is 1. The molecule has 0 heterocycles. The summed E-state index contributed by atoms with van der Waals surface area (Å²) < 4.78 is 15.4. The number of hydrogen-bond donors (Lipinski definition) is 2. The molecule has 1 aromatic rings. The van der Waals surface area contributed by atoms with Crippen LogP contribution in [0.25, 0.3) is 0 Å². The SMILES string of the molecule is COCCOCCCOCC(=O)Nc1ccc(N)cc1. The Kier molecular flexibility index (Phi) is 8.37. The maximum atomic E-state index is 11.6. The second-order valence-electron chi connectivity index (χ2n) is 4.18. The standard InChI is InChI=1S/C14H22N2O4/c1-18-9-10-19-7-2-8-20-11-14(17)16-13-5-3-12(15)4-6-13/h3-6H,2,7-11,15H2,1H3,(H,16,17). The minimum absolute atomic E-state index is 0.0302. The van der Waals surface area contributed by atoms with Crippen LogP contribution in [-0.4, -0.2) is 46.1 Å². The van der Waals surface area contributed by atoms with E-state index in [0.29, 0.717) is 37.8 Å². The molecule has 0 aromatic heterocycles. The first-order valence-corrected chi connectivity index (χ1v) is 6.52. The quantitative estimate of drug-likeness (QED) is 0.499. The molecule has 0 bridgehead atoms. The van der Waals surface area contributed by atoms with Crippen LogP contribution in [0.5, 0.6) is 0 Å². The normalized spacial score (nSPS) is 10.4. The van der Waals surface area contributed by atoms with Crippen LogP contribution in [0.2, 0.25) is 0 Å². The van der Waals surface area contributed by atoms with Gasteiger partial charge < -0.3 is 25.3 Å². The average molecular weight is 282 g/mol. The molecular formula is C14H22N2O4. The first kappa shape index (κ1) is 16.4. The molecule has 1 rings (SSSR count). The first-order valence-electron chi connectivity index (χ1n) is 6.52. The fourth-order valence-corrected chi connectivity index (χ4v) is 1.44. The largest absolute Gasteiger partial charge is 0.399 e. The van der Waals surface area contributed by atoms with Crippen molar-refractivity contribution in [1.82, 2.24) is 0 Å². The van der Waals surface area contributed by atoms with Crippen molar-refractivity contribution in [3.8, 4) is 0 Å². The number of hydrogen-bond acceptors (Lipinski definition) is 5. The van der Waals surface area contributed by atoms with Crippen molar-refractivity contribution in [2.45, 2.75) is 6.42 Å². The molecule has 6 heteroatoms. The van der Waals surface area contributed by atoms with Crippen LogP contribution in [0.3, 0.4) is 0 Å². The van der Waals surface area contributed by atoms with Crippen LogP contribution >= 0.6 is 0 Å². The lowest BCUT2D eigenvalue weighted by Crippen LogP contribution is -2.19. The minimum Gasteiger partial charge on any atom is -0.399 e. The van der Waals surface area contributed by atoms with Crippen molar-refractivity contribution >= 4 is 17.3 Å². The van der Waals surface area contributed by atoms with E-state index in [1.54, 1.807) is 31.4 Å². The Morgan fingerprint density at radius 2 is 1.80 bits per heavy atom. The number of amides is 1. The molecule has 112 valence electrons. The van der Waals surface area contributed by atoms with Gasteiger partial charge in [-0.1, -0.05) is 0 Å². The summed E-state index contributed by atoms with van der Waals surface area (Å²) in [5, 5.41) is 2.72. The fourth-order valence-electron chi connectivity index (χ4n) is 1.44. The number of nitrogen functional groups attached to an aromatic ring is 1. The highest BCUT2D eigenvalue weighted by atomic mass is 16.5. The summed E-state index contributed by atoms with van der Waals surface area (Å²) in [6, 6.07) is 6.95. The van der Waals surface area contributed by atoms with Gasteiger partial charge in [0, 0.05) is 31.7 Å². The number of benzene rings is 1. The van der Waals surface area contributed by atoms with Gasteiger partial charge in [-0.3, -0.25) is 4.79 Å². The van der Waals surface area contributed by atoms with Gasteiger partial charge in [-0.2, -0.15) is 0 Å². The smallest absolute Gasteiger partial charge is 0.250 e. The molecule has 1 aromatic carbocycles. The first-order chi connectivity index (χ1) is 9.72. The zero-order valence-corrected chi connectivity index (χ0v) is 11.8. The number of ether oxygens (including phenoxy) is 3. The van der Waals surface area contributed by atoms with Crippen molar-refractivity contribution in [3.05, 3.63) is 24.3 Å². The van der Waals surface area contributed by atoms with Gasteiger partial charge in [-0.25, -0.2) is 0 Å². The number of nitrogens with two attached hydrogens (primary N) is 1. The van der Waals surface area contributed by atoms with Crippen LogP contribution in [-0.2, 0) is 19.0 Å². The van der Waals surface area contributed by atoms with Gasteiger partial charge in [0.1, 0.15) is 6.61 Å². The third kappa shape index (κ3) is 7.73. The van der Waals surface area contributed by atoms with Gasteiger partial charge in [0.25, 0.3) is 0 Å². The van der Waals surface area contributed by atoms with Gasteiger partial charge >= 0.3 is 0 Å². The molecule has 0 unspecified atom stereocenters. The summed E-state index contributed by atoms with van der Waals surface area (Å²) in [6.45, 7) is 2.28. The fraction of sp³-hybridized carbons (Fsp3) is 0.500. The van der Waals surface area contributed by atoms with Crippen LogP contribution in [0, 0.1) is 0 Å². The van der Waals surface area contributed by atoms with E-state index in [-0.39, 0.29) is 12.5 Å². The molecule has 1 amide bonds. The van der Waals surface area contributed by atoms with Gasteiger partial charge in [-0.15, -0.1) is 0 Å². The van der Waals surface area contributed by atoms with Crippen molar-refractivity contribution in [2.75, 3.05) is 51.2 Å². The summed E-state index contributed by atoms with van der Waals surface area (Å²) in [6.07, 6.45) is 0.749. The van der Waals surface area contributed by atoms with Crippen molar-refractivity contribution in [2.24, 2.45) is 0 Å². The van der Waals surface area contributed by atoms with E-state index in [0.717, 1.165) is 6.42 Å². The molecule has 20 heavy (non-hydrogen) atoms. The lowest BCUT2D eigenvalue weighted by Gasteiger charge is -2.07. The number of anilines is 2. The summed E-state index contributed by atoms with van der Waals surface area (Å²) >= 11 is 0. The second-order valence-corrected chi connectivity index (χ2v) is 4.18.